The van der Waals surface area contributed by atoms with Crippen LogP contribution >= 0.6 is 11.8 Å². The van der Waals surface area contributed by atoms with E-state index < -0.39 is 11.7 Å². The number of rotatable bonds is 4. The van der Waals surface area contributed by atoms with Crippen molar-refractivity contribution in [1.29, 1.82) is 0 Å². The van der Waals surface area contributed by atoms with Crippen LogP contribution in [0.15, 0.2) is 18.2 Å². The van der Waals surface area contributed by atoms with Gasteiger partial charge in [-0.3, -0.25) is 4.79 Å². The quantitative estimate of drug-likeness (QED) is 0.793. The third kappa shape index (κ3) is 3.41. The number of hydrogen-bond acceptors (Lipinski definition) is 3. The molecule has 0 radical (unpaired) electrons. The molecule has 3 nitrogen and oxygen atoms in total. The fraction of sp³-hybridized carbons (Fsp3) is 0.364. The number of carbonyl (C=O) groups excluding carboxylic acids is 1. The number of hydrogen-bond donors (Lipinski definition) is 2. The summed E-state index contributed by atoms with van der Waals surface area (Å²) in [4.78, 5) is 11.7. The van der Waals surface area contributed by atoms with Crippen molar-refractivity contribution in [1.82, 2.24) is 5.32 Å². The van der Waals surface area contributed by atoms with Crippen molar-refractivity contribution in [2.75, 3.05) is 17.7 Å². The van der Waals surface area contributed by atoms with E-state index in [9.17, 15) is 9.18 Å². The van der Waals surface area contributed by atoms with Crippen LogP contribution in [-0.2, 0) is 0 Å². The van der Waals surface area contributed by atoms with Crippen molar-refractivity contribution in [3.8, 4) is 0 Å². The number of nitrogens with one attached hydrogen (secondary N) is 1. The molecule has 1 aromatic rings. The summed E-state index contributed by atoms with van der Waals surface area (Å²) in [7, 11) is 0. The molecular formula is C11H15FN2OS. The average Bonchev–Trinajstić information content (AvgIpc) is 2.17. The zero-order valence-electron chi connectivity index (χ0n) is 9.29. The molecule has 0 aliphatic rings. The number of halogens is 1. The molecule has 0 saturated heterocycles. The molecule has 1 atom stereocenters. The second-order valence-corrected chi connectivity index (χ2v) is 4.48. The van der Waals surface area contributed by atoms with Crippen LogP contribution in [-0.4, -0.2) is 24.0 Å². The van der Waals surface area contributed by atoms with E-state index in [2.05, 4.69) is 5.32 Å². The lowest BCUT2D eigenvalue weighted by molar-refractivity contribution is 0.0940. The predicted octanol–water partition coefficient (Wildman–Crippen LogP) is 1.89. The number of nitrogens with two attached hydrogens (primary N) is 1. The summed E-state index contributed by atoms with van der Waals surface area (Å²) in [6.07, 6.45) is 1.95. The van der Waals surface area contributed by atoms with Gasteiger partial charge in [-0.05, 0) is 31.4 Å². The fourth-order valence-corrected chi connectivity index (χ4v) is 1.89. The lowest BCUT2D eigenvalue weighted by Crippen LogP contribution is -2.34. The maximum Gasteiger partial charge on any atom is 0.254 e. The molecule has 5 heteroatoms. The summed E-state index contributed by atoms with van der Waals surface area (Å²) < 4.78 is 13.4. The molecule has 88 valence electrons. The summed E-state index contributed by atoms with van der Waals surface area (Å²) >= 11 is 1.63. The van der Waals surface area contributed by atoms with Gasteiger partial charge in [0.1, 0.15) is 5.82 Å². The normalized spacial score (nSPS) is 12.2. The fourth-order valence-electron chi connectivity index (χ4n) is 1.31. The summed E-state index contributed by atoms with van der Waals surface area (Å²) in [6.45, 7) is 1.88. The second kappa shape index (κ2) is 5.75. The molecule has 1 aromatic carbocycles. The van der Waals surface area contributed by atoms with Crippen molar-refractivity contribution in [2.45, 2.75) is 13.0 Å². The number of nitrogen functional groups attached to an aromatic ring is 1. The standard InChI is InChI=1S/C11H15FN2OS/c1-7(6-16-2)14-11(15)9-4-3-8(13)5-10(9)12/h3-5,7H,6,13H2,1-2H3,(H,14,15). The summed E-state index contributed by atoms with van der Waals surface area (Å²) in [5.41, 5.74) is 5.74. The molecule has 0 spiro atoms. The molecule has 16 heavy (non-hydrogen) atoms. The molecule has 3 N–H and O–H groups in total. The van der Waals surface area contributed by atoms with Gasteiger partial charge in [0.2, 0.25) is 0 Å². The largest absolute Gasteiger partial charge is 0.399 e. The molecule has 0 fully saturated rings. The third-order valence-corrected chi connectivity index (χ3v) is 2.87. The molecule has 0 saturated carbocycles. The molecule has 0 aromatic heterocycles. The Morgan fingerprint density at radius 3 is 2.88 bits per heavy atom. The van der Waals surface area contributed by atoms with Crippen LogP contribution < -0.4 is 11.1 Å². The minimum Gasteiger partial charge on any atom is -0.399 e. The zero-order chi connectivity index (χ0) is 12.1. The van der Waals surface area contributed by atoms with Crippen LogP contribution in [0.3, 0.4) is 0 Å². The van der Waals surface area contributed by atoms with Crippen LogP contribution in [0, 0.1) is 5.82 Å². The summed E-state index contributed by atoms with van der Waals surface area (Å²) in [6, 6.07) is 4.07. The first-order chi connectivity index (χ1) is 7.54. The smallest absolute Gasteiger partial charge is 0.254 e. The number of anilines is 1. The number of benzene rings is 1. The monoisotopic (exact) mass is 242 g/mol. The van der Waals surface area contributed by atoms with E-state index in [0.717, 1.165) is 11.8 Å². The van der Waals surface area contributed by atoms with Gasteiger partial charge in [0, 0.05) is 17.5 Å². The number of carbonyl (C=O) groups is 1. The Labute approximate surface area is 98.6 Å². The van der Waals surface area contributed by atoms with Gasteiger partial charge in [-0.15, -0.1) is 0 Å². The molecule has 0 heterocycles. The van der Waals surface area contributed by atoms with Crippen LogP contribution in [0.4, 0.5) is 10.1 Å². The van der Waals surface area contributed by atoms with E-state index in [1.54, 1.807) is 11.8 Å². The van der Waals surface area contributed by atoms with Gasteiger partial charge < -0.3 is 11.1 Å². The van der Waals surface area contributed by atoms with Crippen LogP contribution in [0.2, 0.25) is 0 Å². The number of amides is 1. The Morgan fingerprint density at radius 1 is 1.62 bits per heavy atom. The minimum atomic E-state index is -0.589. The van der Waals surface area contributed by atoms with Crippen molar-refractivity contribution in [2.24, 2.45) is 0 Å². The maximum absolute atomic E-state index is 13.4. The van der Waals surface area contributed by atoms with Crippen molar-refractivity contribution >= 4 is 23.4 Å². The minimum absolute atomic E-state index is 0.0134. The highest BCUT2D eigenvalue weighted by atomic mass is 32.2. The molecule has 0 aliphatic carbocycles. The Hall–Kier alpha value is -1.23. The van der Waals surface area contributed by atoms with Gasteiger partial charge in [-0.2, -0.15) is 11.8 Å². The molecule has 1 amide bonds. The third-order valence-electron chi connectivity index (χ3n) is 2.03. The van der Waals surface area contributed by atoms with Crippen LogP contribution in [0.25, 0.3) is 0 Å². The molecule has 1 unspecified atom stereocenters. The van der Waals surface area contributed by atoms with Gasteiger partial charge in [0.05, 0.1) is 5.56 Å². The van der Waals surface area contributed by atoms with Gasteiger partial charge in [-0.1, -0.05) is 0 Å². The molecule has 1 rings (SSSR count). The van der Waals surface area contributed by atoms with Crippen LogP contribution in [0.1, 0.15) is 17.3 Å². The van der Waals surface area contributed by atoms with Crippen LogP contribution in [0.5, 0.6) is 0 Å². The highest BCUT2D eigenvalue weighted by Crippen LogP contribution is 2.12. The van der Waals surface area contributed by atoms with Gasteiger partial charge in [0.15, 0.2) is 0 Å². The first-order valence-electron chi connectivity index (χ1n) is 4.89. The van der Waals surface area contributed by atoms with E-state index in [1.165, 1.54) is 12.1 Å². The van der Waals surface area contributed by atoms with E-state index in [4.69, 9.17) is 5.73 Å². The Balaban J connectivity index is 2.73. The zero-order valence-corrected chi connectivity index (χ0v) is 10.1. The summed E-state index contributed by atoms with van der Waals surface area (Å²) in [5, 5.41) is 2.72. The van der Waals surface area contributed by atoms with E-state index in [-0.39, 0.29) is 11.6 Å². The van der Waals surface area contributed by atoms with Gasteiger partial charge in [-0.25, -0.2) is 4.39 Å². The van der Waals surface area contributed by atoms with Crippen molar-refractivity contribution in [3.63, 3.8) is 0 Å². The number of thioether (sulfide) groups is 1. The Bertz CT molecular complexity index is 384. The lowest BCUT2D eigenvalue weighted by Gasteiger charge is -2.12. The predicted molar refractivity (Wildman–Crippen MR) is 66.1 cm³/mol. The van der Waals surface area contributed by atoms with Gasteiger partial charge in [0.25, 0.3) is 5.91 Å². The van der Waals surface area contributed by atoms with Gasteiger partial charge >= 0.3 is 0 Å². The Morgan fingerprint density at radius 2 is 2.31 bits per heavy atom. The topological polar surface area (TPSA) is 55.1 Å². The van der Waals surface area contributed by atoms with E-state index in [0.29, 0.717) is 5.69 Å². The molecular weight excluding hydrogens is 227 g/mol. The SMILES string of the molecule is CSCC(C)NC(=O)c1ccc(N)cc1F. The molecule has 0 bridgehead atoms. The van der Waals surface area contributed by atoms with Crippen molar-refractivity contribution in [3.05, 3.63) is 29.6 Å². The first kappa shape index (κ1) is 12.8. The maximum atomic E-state index is 13.4. The first-order valence-corrected chi connectivity index (χ1v) is 6.28. The second-order valence-electron chi connectivity index (χ2n) is 3.57. The highest BCUT2D eigenvalue weighted by Gasteiger charge is 2.13. The molecule has 0 aliphatic heterocycles. The lowest BCUT2D eigenvalue weighted by atomic mass is 10.1. The highest BCUT2D eigenvalue weighted by molar-refractivity contribution is 7.98. The van der Waals surface area contributed by atoms with E-state index >= 15 is 0 Å². The Kier molecular flexibility index (Phi) is 4.61. The average molecular weight is 242 g/mol. The van der Waals surface area contributed by atoms with Crippen molar-refractivity contribution < 1.29 is 9.18 Å². The van der Waals surface area contributed by atoms with E-state index in [1.807, 2.05) is 13.2 Å². The summed E-state index contributed by atoms with van der Waals surface area (Å²) in [5.74, 6) is -0.199.